The van der Waals surface area contributed by atoms with Crippen LogP contribution in [0.1, 0.15) is 39.4 Å². The second-order valence-electron chi connectivity index (χ2n) is 7.99. The number of nitrogens with one attached hydrogen (secondary N) is 1. The third-order valence-electron chi connectivity index (χ3n) is 4.48. The predicted molar refractivity (Wildman–Crippen MR) is 104 cm³/mol. The molecule has 3 aromatic rings. The maximum absolute atomic E-state index is 12.6. The minimum absolute atomic E-state index is 0.250. The first-order valence-electron chi connectivity index (χ1n) is 9.28. The van der Waals surface area contributed by atoms with Gasteiger partial charge in [0.05, 0.1) is 17.6 Å². The summed E-state index contributed by atoms with van der Waals surface area (Å²) in [5.74, 6) is 0.773. The summed E-state index contributed by atoms with van der Waals surface area (Å²) in [6.07, 6.45) is 5.33. The van der Waals surface area contributed by atoms with Gasteiger partial charge in [0.15, 0.2) is 0 Å². The van der Waals surface area contributed by atoms with Crippen molar-refractivity contribution < 1.29 is 9.53 Å². The lowest BCUT2D eigenvalue weighted by Gasteiger charge is -2.26. The second kappa shape index (κ2) is 6.68. The number of nitrogens with zero attached hydrogens (tertiary/aromatic N) is 3. The molecule has 1 aliphatic rings. The standard InChI is InChI=1S/C21H24N4O2/c1-21(2,3)27-20(26)25(16-5-6-16)13-19-23-17-7-4-15(12-18(17)24-19)14-8-10-22-11-9-14/h4,7-12,16H,5-6,13H2,1-3H3,(H,23,24). The van der Waals surface area contributed by atoms with E-state index in [-0.39, 0.29) is 12.1 Å². The monoisotopic (exact) mass is 364 g/mol. The summed E-state index contributed by atoms with van der Waals surface area (Å²) < 4.78 is 5.56. The predicted octanol–water partition coefficient (Wildman–Crippen LogP) is 4.52. The molecule has 1 aliphatic carbocycles. The van der Waals surface area contributed by atoms with Crippen LogP contribution in [-0.2, 0) is 11.3 Å². The normalized spacial score (nSPS) is 14.3. The zero-order chi connectivity index (χ0) is 19.0. The number of carbonyl (C=O) groups excluding carboxylic acids is 1. The number of pyridine rings is 1. The number of H-pyrrole nitrogens is 1. The summed E-state index contributed by atoms with van der Waals surface area (Å²) in [6.45, 7) is 6.09. The summed E-state index contributed by atoms with van der Waals surface area (Å²) in [4.78, 5) is 26.4. The molecule has 1 saturated carbocycles. The Balaban J connectivity index is 1.57. The minimum atomic E-state index is -0.502. The summed E-state index contributed by atoms with van der Waals surface area (Å²) >= 11 is 0. The van der Waals surface area contributed by atoms with Crippen molar-refractivity contribution in [2.24, 2.45) is 0 Å². The van der Waals surface area contributed by atoms with Gasteiger partial charge in [0.1, 0.15) is 11.4 Å². The van der Waals surface area contributed by atoms with Crippen LogP contribution in [0.5, 0.6) is 0 Å². The highest BCUT2D eigenvalue weighted by Gasteiger charge is 2.35. The highest BCUT2D eigenvalue weighted by atomic mass is 16.6. The van der Waals surface area contributed by atoms with Crippen molar-refractivity contribution in [3.63, 3.8) is 0 Å². The van der Waals surface area contributed by atoms with E-state index in [4.69, 9.17) is 4.74 Å². The maximum Gasteiger partial charge on any atom is 0.410 e. The zero-order valence-corrected chi connectivity index (χ0v) is 15.9. The Bertz CT molecular complexity index is 955. The highest BCUT2D eigenvalue weighted by molar-refractivity contribution is 5.82. The molecule has 0 bridgehead atoms. The molecule has 140 valence electrons. The van der Waals surface area contributed by atoms with E-state index >= 15 is 0 Å². The van der Waals surface area contributed by atoms with Gasteiger partial charge in [0, 0.05) is 18.4 Å². The Kier molecular flexibility index (Phi) is 4.34. The van der Waals surface area contributed by atoms with Crippen molar-refractivity contribution in [2.45, 2.75) is 51.8 Å². The number of hydrogen-bond acceptors (Lipinski definition) is 4. The van der Waals surface area contributed by atoms with Crippen LogP contribution in [0.25, 0.3) is 22.2 Å². The largest absolute Gasteiger partial charge is 0.444 e. The number of amides is 1. The number of ether oxygens (including phenoxy) is 1. The summed E-state index contributed by atoms with van der Waals surface area (Å²) in [6, 6.07) is 10.3. The molecule has 1 N–H and O–H groups in total. The van der Waals surface area contributed by atoms with Gasteiger partial charge in [-0.2, -0.15) is 0 Å². The average Bonchev–Trinajstić information content (AvgIpc) is 3.37. The molecule has 4 rings (SSSR count). The third-order valence-corrected chi connectivity index (χ3v) is 4.48. The Morgan fingerprint density at radius 2 is 1.93 bits per heavy atom. The molecule has 0 spiro atoms. The van der Waals surface area contributed by atoms with Gasteiger partial charge in [0.2, 0.25) is 0 Å². The molecule has 0 radical (unpaired) electrons. The van der Waals surface area contributed by atoms with Crippen LogP contribution in [0.2, 0.25) is 0 Å². The molecule has 1 aromatic carbocycles. The number of carbonyl (C=O) groups is 1. The Morgan fingerprint density at radius 1 is 1.19 bits per heavy atom. The lowest BCUT2D eigenvalue weighted by atomic mass is 10.1. The molecule has 1 fully saturated rings. The molecule has 1 amide bonds. The van der Waals surface area contributed by atoms with Crippen LogP contribution in [0, 0.1) is 0 Å². The third kappa shape index (κ3) is 4.10. The average molecular weight is 364 g/mol. The van der Waals surface area contributed by atoms with Crippen molar-refractivity contribution in [2.75, 3.05) is 0 Å². The zero-order valence-electron chi connectivity index (χ0n) is 15.9. The van der Waals surface area contributed by atoms with E-state index in [1.807, 2.05) is 39.0 Å². The van der Waals surface area contributed by atoms with Crippen molar-refractivity contribution in [1.29, 1.82) is 0 Å². The molecule has 0 unspecified atom stereocenters. The number of aromatic nitrogens is 3. The molecule has 0 aliphatic heterocycles. The van der Waals surface area contributed by atoms with E-state index < -0.39 is 5.60 Å². The smallest absolute Gasteiger partial charge is 0.410 e. The lowest BCUT2D eigenvalue weighted by Crippen LogP contribution is -2.38. The van der Waals surface area contributed by atoms with Crippen LogP contribution < -0.4 is 0 Å². The van der Waals surface area contributed by atoms with Gasteiger partial charge < -0.3 is 9.72 Å². The molecular weight excluding hydrogens is 340 g/mol. The van der Waals surface area contributed by atoms with Crippen LogP contribution in [0.15, 0.2) is 42.7 Å². The van der Waals surface area contributed by atoms with E-state index in [0.717, 1.165) is 40.8 Å². The fraction of sp³-hybridized carbons (Fsp3) is 0.381. The second-order valence-corrected chi connectivity index (χ2v) is 7.99. The van der Waals surface area contributed by atoms with Crippen molar-refractivity contribution >= 4 is 17.1 Å². The number of fused-ring (bicyclic) bond motifs is 1. The maximum atomic E-state index is 12.6. The van der Waals surface area contributed by atoms with Crippen LogP contribution in [-0.4, -0.2) is 37.6 Å². The Hall–Kier alpha value is -2.89. The van der Waals surface area contributed by atoms with E-state index in [2.05, 4.69) is 27.1 Å². The number of rotatable bonds is 4. The SMILES string of the molecule is CC(C)(C)OC(=O)N(Cc1nc2ccc(-c3ccncc3)cc2[nH]1)C1CC1. The van der Waals surface area contributed by atoms with Crippen LogP contribution >= 0.6 is 0 Å². The lowest BCUT2D eigenvalue weighted by molar-refractivity contribution is 0.0212. The van der Waals surface area contributed by atoms with Gasteiger partial charge in [-0.25, -0.2) is 9.78 Å². The Morgan fingerprint density at radius 3 is 2.59 bits per heavy atom. The first-order valence-corrected chi connectivity index (χ1v) is 9.28. The fourth-order valence-electron chi connectivity index (χ4n) is 3.07. The van der Waals surface area contributed by atoms with Crippen molar-refractivity contribution in [3.05, 3.63) is 48.5 Å². The first-order chi connectivity index (χ1) is 12.9. The molecule has 27 heavy (non-hydrogen) atoms. The first kappa shape index (κ1) is 17.5. The number of aromatic amines is 1. The Labute approximate surface area is 158 Å². The van der Waals surface area contributed by atoms with Crippen molar-refractivity contribution in [1.82, 2.24) is 19.9 Å². The van der Waals surface area contributed by atoms with Gasteiger partial charge in [-0.3, -0.25) is 9.88 Å². The van der Waals surface area contributed by atoms with E-state index in [1.54, 1.807) is 17.3 Å². The summed E-state index contributed by atoms with van der Waals surface area (Å²) in [5.41, 5.74) is 3.56. The number of benzene rings is 1. The van der Waals surface area contributed by atoms with Gasteiger partial charge in [-0.1, -0.05) is 6.07 Å². The summed E-state index contributed by atoms with van der Waals surface area (Å²) in [5, 5.41) is 0. The van der Waals surface area contributed by atoms with Crippen LogP contribution in [0.4, 0.5) is 4.79 Å². The van der Waals surface area contributed by atoms with Crippen molar-refractivity contribution in [3.8, 4) is 11.1 Å². The molecule has 2 heterocycles. The number of hydrogen-bond donors (Lipinski definition) is 1. The van der Waals surface area contributed by atoms with Crippen LogP contribution in [0.3, 0.4) is 0 Å². The molecule has 0 atom stereocenters. The van der Waals surface area contributed by atoms with E-state index in [0.29, 0.717) is 6.54 Å². The van der Waals surface area contributed by atoms with E-state index in [1.165, 1.54) is 0 Å². The molecule has 6 nitrogen and oxygen atoms in total. The molecular formula is C21H24N4O2. The van der Waals surface area contributed by atoms with Gasteiger partial charge in [-0.05, 0) is 69.0 Å². The summed E-state index contributed by atoms with van der Waals surface area (Å²) in [7, 11) is 0. The van der Waals surface area contributed by atoms with Gasteiger partial charge in [0.25, 0.3) is 0 Å². The highest BCUT2D eigenvalue weighted by Crippen LogP contribution is 2.30. The van der Waals surface area contributed by atoms with Gasteiger partial charge >= 0.3 is 6.09 Å². The number of imidazole rings is 1. The topological polar surface area (TPSA) is 71.1 Å². The molecule has 2 aromatic heterocycles. The molecule has 6 heteroatoms. The van der Waals surface area contributed by atoms with E-state index in [9.17, 15) is 4.79 Å². The fourth-order valence-corrected chi connectivity index (χ4v) is 3.07. The quantitative estimate of drug-likeness (QED) is 0.738. The van der Waals surface area contributed by atoms with Gasteiger partial charge in [-0.15, -0.1) is 0 Å². The molecule has 0 saturated heterocycles. The minimum Gasteiger partial charge on any atom is -0.444 e.